The lowest BCUT2D eigenvalue weighted by molar-refractivity contribution is -0.142. The first-order chi connectivity index (χ1) is 20.6. The molecule has 220 valence electrons. The molecule has 1 heterocycles. The van der Waals surface area contributed by atoms with Crippen molar-refractivity contribution in [3.63, 3.8) is 0 Å². The summed E-state index contributed by atoms with van der Waals surface area (Å²) in [4.78, 5) is 59.2. The number of methoxy groups -OCH3 is 1. The van der Waals surface area contributed by atoms with Crippen LogP contribution >= 0.6 is 0 Å². The molecule has 3 aromatic rings. The molecule has 3 aromatic carbocycles. The number of carbonyl (C=O) groups excluding carboxylic acids is 4. The van der Waals surface area contributed by atoms with Crippen molar-refractivity contribution in [1.82, 2.24) is 0 Å². The zero-order chi connectivity index (χ0) is 30.7. The Morgan fingerprint density at radius 3 is 2.16 bits per heavy atom. The maximum Gasteiger partial charge on any atom is 0.339 e. The van der Waals surface area contributed by atoms with Crippen molar-refractivity contribution in [2.45, 2.75) is 46.1 Å². The quantitative estimate of drug-likeness (QED) is 0.337. The molecule has 43 heavy (non-hydrogen) atoms. The molecule has 0 fully saturated rings. The van der Waals surface area contributed by atoms with Crippen LogP contribution in [-0.4, -0.2) is 43.8 Å². The van der Waals surface area contributed by atoms with Gasteiger partial charge in [0.05, 0.1) is 37.0 Å². The molecular weight excluding hydrogens is 546 g/mol. The molecule has 1 atom stereocenters. The van der Waals surface area contributed by atoms with E-state index < -0.39 is 22.9 Å². The summed E-state index contributed by atoms with van der Waals surface area (Å²) in [6, 6.07) is 18.1. The summed E-state index contributed by atoms with van der Waals surface area (Å²) in [5, 5.41) is 1.50. The predicted octanol–water partition coefficient (Wildman–Crippen LogP) is 5.83. The molecule has 0 radical (unpaired) electrons. The monoisotopic (exact) mass is 579 g/mol. The maximum atomic E-state index is 15.2. The van der Waals surface area contributed by atoms with Crippen LogP contribution in [0.1, 0.15) is 56.5 Å². The van der Waals surface area contributed by atoms with Gasteiger partial charge in [-0.3, -0.25) is 9.59 Å². The lowest BCUT2D eigenvalue weighted by Crippen LogP contribution is -2.58. The highest BCUT2D eigenvalue weighted by Gasteiger charge is 2.63. The highest BCUT2D eigenvalue weighted by molar-refractivity contribution is 6.29. The van der Waals surface area contributed by atoms with E-state index in [-0.39, 0.29) is 47.9 Å². The lowest BCUT2D eigenvalue weighted by atomic mass is 9.66. The number of hydrogen-bond donors (Lipinski definition) is 0. The van der Waals surface area contributed by atoms with Crippen LogP contribution in [0.25, 0.3) is 10.8 Å². The number of carbonyl (C=O) groups is 4. The third-order valence-corrected chi connectivity index (χ3v) is 8.48. The Bertz CT molecular complexity index is 1770. The minimum Gasteiger partial charge on any atom is -0.497 e. The Hall–Kier alpha value is -4.72. The number of ketones is 2. The van der Waals surface area contributed by atoms with Gasteiger partial charge >= 0.3 is 11.9 Å². The summed E-state index contributed by atoms with van der Waals surface area (Å²) < 4.78 is 16.5. The first kappa shape index (κ1) is 28.4. The van der Waals surface area contributed by atoms with Gasteiger partial charge in [0.1, 0.15) is 5.75 Å². The van der Waals surface area contributed by atoms with E-state index in [1.165, 1.54) is 0 Å². The summed E-state index contributed by atoms with van der Waals surface area (Å²) in [5.41, 5.74) is -0.651. The molecule has 0 saturated heterocycles. The van der Waals surface area contributed by atoms with Gasteiger partial charge in [0, 0.05) is 23.4 Å². The summed E-state index contributed by atoms with van der Waals surface area (Å²) in [6.07, 6.45) is 0.512. The van der Waals surface area contributed by atoms with Crippen LogP contribution in [0.5, 0.6) is 5.75 Å². The summed E-state index contributed by atoms with van der Waals surface area (Å²) in [5.74, 6) is -1.78. The number of nitrogens with zero attached hydrogens (tertiary/aromatic N) is 1. The molecule has 8 nitrogen and oxygen atoms in total. The van der Waals surface area contributed by atoms with E-state index >= 15 is 4.79 Å². The summed E-state index contributed by atoms with van der Waals surface area (Å²) in [7, 11) is 1.56. The molecule has 0 aromatic heterocycles. The Morgan fingerprint density at radius 2 is 1.51 bits per heavy atom. The van der Waals surface area contributed by atoms with Gasteiger partial charge in [-0.1, -0.05) is 50.2 Å². The fourth-order valence-corrected chi connectivity index (χ4v) is 6.94. The fraction of sp³-hybridized carbons (Fsp3) is 0.314. The SMILES string of the molecule is CCOC(=O)C1=C(C(=O)OCC)C2(C(=O)c3cccc4cccc2c34)N(c2ccc(OC)cc2)C2=C1C(=O)CC(C)(C)C2. The summed E-state index contributed by atoms with van der Waals surface area (Å²) >= 11 is 0. The van der Waals surface area contributed by atoms with E-state index in [0.717, 1.165) is 5.39 Å². The topological polar surface area (TPSA) is 99.2 Å². The standard InChI is InChI=1S/C35H33NO7/c1-6-42-32(39)29-28-25(18-34(3,4)19-26(28)37)36(21-14-16-22(41-5)17-15-21)35(30(29)33(40)43-7-2)24-13-9-11-20-10-8-12-23(27(20)24)31(35)38/h8-17H,6-7,18-19H2,1-5H3. The number of fused-ring (bicyclic) bond motifs is 1. The highest BCUT2D eigenvalue weighted by atomic mass is 16.5. The number of benzene rings is 3. The van der Waals surface area contributed by atoms with E-state index in [1.54, 1.807) is 62.3 Å². The molecular formula is C35H33NO7. The molecule has 0 saturated carbocycles. The van der Waals surface area contributed by atoms with Gasteiger partial charge in [-0.25, -0.2) is 9.59 Å². The largest absolute Gasteiger partial charge is 0.497 e. The Kier molecular flexibility index (Phi) is 6.75. The maximum absolute atomic E-state index is 15.2. The molecule has 2 aliphatic carbocycles. The number of rotatable bonds is 6. The van der Waals surface area contributed by atoms with Crippen molar-refractivity contribution in [2.24, 2.45) is 5.41 Å². The number of esters is 2. The lowest BCUT2D eigenvalue weighted by Gasteiger charge is -2.51. The van der Waals surface area contributed by atoms with Gasteiger partial charge in [0.15, 0.2) is 17.1 Å². The number of ether oxygens (including phenoxy) is 3. The molecule has 0 amide bonds. The van der Waals surface area contributed by atoms with Crippen LogP contribution in [0, 0.1) is 5.41 Å². The highest BCUT2D eigenvalue weighted by Crippen LogP contribution is 2.58. The van der Waals surface area contributed by atoms with Crippen LogP contribution in [0.4, 0.5) is 5.69 Å². The van der Waals surface area contributed by atoms with Crippen molar-refractivity contribution in [3.05, 3.63) is 94.2 Å². The van der Waals surface area contributed by atoms with Crippen molar-refractivity contribution in [1.29, 1.82) is 0 Å². The minimum atomic E-state index is -1.85. The van der Waals surface area contributed by atoms with Crippen LogP contribution in [0.2, 0.25) is 0 Å². The van der Waals surface area contributed by atoms with Crippen molar-refractivity contribution < 1.29 is 33.4 Å². The second-order valence-corrected chi connectivity index (χ2v) is 11.7. The van der Waals surface area contributed by atoms with Crippen LogP contribution in [0.3, 0.4) is 0 Å². The van der Waals surface area contributed by atoms with Crippen LogP contribution in [-0.2, 0) is 29.4 Å². The van der Waals surface area contributed by atoms with Crippen molar-refractivity contribution in [2.75, 3.05) is 25.2 Å². The molecule has 0 N–H and O–H groups in total. The molecule has 1 spiro atoms. The number of Topliss-reactive ketones (excluding diaryl/α,β-unsaturated/α-hetero) is 2. The smallest absolute Gasteiger partial charge is 0.339 e. The van der Waals surface area contributed by atoms with Gasteiger partial charge < -0.3 is 19.1 Å². The van der Waals surface area contributed by atoms with Crippen LogP contribution in [0.15, 0.2) is 83.1 Å². The van der Waals surface area contributed by atoms with E-state index in [9.17, 15) is 14.4 Å². The molecule has 1 aliphatic heterocycles. The van der Waals surface area contributed by atoms with E-state index in [4.69, 9.17) is 14.2 Å². The average Bonchev–Trinajstić information content (AvgIpc) is 3.21. The first-order valence-electron chi connectivity index (χ1n) is 14.5. The fourth-order valence-electron chi connectivity index (χ4n) is 6.94. The third kappa shape index (κ3) is 4.03. The molecule has 6 rings (SSSR count). The minimum absolute atomic E-state index is 0.00469. The van der Waals surface area contributed by atoms with Gasteiger partial charge in [-0.05, 0) is 66.3 Å². The molecule has 8 heteroatoms. The Morgan fingerprint density at radius 1 is 0.860 bits per heavy atom. The van der Waals surface area contributed by atoms with E-state index in [1.807, 2.05) is 38.1 Å². The first-order valence-corrected chi connectivity index (χ1v) is 14.5. The summed E-state index contributed by atoms with van der Waals surface area (Å²) in [6.45, 7) is 7.28. The van der Waals surface area contributed by atoms with Crippen molar-refractivity contribution in [3.8, 4) is 5.75 Å². The molecule has 1 unspecified atom stereocenters. The molecule has 0 bridgehead atoms. The Balaban J connectivity index is 1.83. The van der Waals surface area contributed by atoms with Crippen molar-refractivity contribution >= 4 is 40.0 Å². The van der Waals surface area contributed by atoms with Gasteiger partial charge in [-0.15, -0.1) is 0 Å². The second-order valence-electron chi connectivity index (χ2n) is 11.7. The number of hydrogen-bond acceptors (Lipinski definition) is 8. The van der Waals surface area contributed by atoms with Gasteiger partial charge in [0.25, 0.3) is 0 Å². The van der Waals surface area contributed by atoms with Gasteiger partial charge in [0.2, 0.25) is 0 Å². The van der Waals surface area contributed by atoms with E-state index in [2.05, 4.69) is 0 Å². The zero-order valence-electron chi connectivity index (χ0n) is 24.9. The normalized spacial score (nSPS) is 20.5. The van der Waals surface area contributed by atoms with Crippen LogP contribution < -0.4 is 9.64 Å². The third-order valence-electron chi connectivity index (χ3n) is 8.48. The van der Waals surface area contributed by atoms with E-state index in [0.29, 0.717) is 40.1 Å². The zero-order valence-corrected chi connectivity index (χ0v) is 24.9. The second kappa shape index (κ2) is 10.2. The average molecular weight is 580 g/mol. The predicted molar refractivity (Wildman–Crippen MR) is 161 cm³/mol. The number of anilines is 1. The number of allylic oxidation sites excluding steroid dienone is 1. The van der Waals surface area contributed by atoms with Gasteiger partial charge in [-0.2, -0.15) is 0 Å². The molecule has 3 aliphatic rings. The Labute approximate surface area is 249 Å².